The van der Waals surface area contributed by atoms with Gasteiger partial charge in [-0.25, -0.2) is 15.4 Å². The molecule has 37 heavy (non-hydrogen) atoms. The molecule has 0 fully saturated rings. The van der Waals surface area contributed by atoms with E-state index in [0.29, 0.717) is 0 Å². The molecule has 190 valence electrons. The van der Waals surface area contributed by atoms with Gasteiger partial charge >= 0.3 is 29.6 Å². The Morgan fingerprint density at radius 2 is 0.919 bits per heavy atom. The smallest absolute Gasteiger partial charge is 0.844 e. The van der Waals surface area contributed by atoms with E-state index in [1.807, 2.05) is 30.3 Å². The van der Waals surface area contributed by atoms with Crippen molar-refractivity contribution < 1.29 is 34.7 Å². The number of hydrogen-bond acceptors (Lipinski definition) is 14. The molecule has 0 saturated carbocycles. The number of aromatic nitrogens is 9. The number of para-hydroxylation sites is 1. The summed E-state index contributed by atoms with van der Waals surface area (Å²) in [5, 5.41) is 10.1. The van der Waals surface area contributed by atoms with Crippen LogP contribution in [0, 0.1) is 0 Å². The van der Waals surface area contributed by atoms with Crippen LogP contribution in [0.3, 0.4) is 0 Å². The van der Waals surface area contributed by atoms with Crippen molar-refractivity contribution in [1.82, 2.24) is 50.3 Å². The van der Waals surface area contributed by atoms with Gasteiger partial charge in [-0.3, -0.25) is 16.3 Å². The first-order valence-corrected chi connectivity index (χ1v) is 11.3. The average Bonchev–Trinajstić information content (AvgIpc) is 2.77. The molecule has 0 amide bonds. The minimum atomic E-state index is -0.722. The summed E-state index contributed by atoms with van der Waals surface area (Å²) < 4.78 is 0. The van der Waals surface area contributed by atoms with Crippen molar-refractivity contribution in [3.63, 3.8) is 0 Å². The van der Waals surface area contributed by atoms with Crippen molar-refractivity contribution in [3.8, 4) is 6.01 Å². The summed E-state index contributed by atoms with van der Waals surface area (Å²) in [5.41, 5.74) is 11.8. The van der Waals surface area contributed by atoms with Crippen molar-refractivity contribution in [3.05, 3.63) is 62.0 Å². The van der Waals surface area contributed by atoms with Crippen LogP contribution in [0.25, 0.3) is 0 Å². The van der Waals surface area contributed by atoms with Gasteiger partial charge in [-0.1, -0.05) is 18.2 Å². The normalized spacial score (nSPS) is 9.49. The van der Waals surface area contributed by atoms with Gasteiger partial charge in [-0.2, -0.15) is 34.9 Å². The van der Waals surface area contributed by atoms with E-state index in [1.54, 1.807) is 7.05 Å². The summed E-state index contributed by atoms with van der Waals surface area (Å²) in [6.45, 7) is 0. The van der Waals surface area contributed by atoms with E-state index in [9.17, 15) is 5.11 Å². The summed E-state index contributed by atoms with van der Waals surface area (Å²) in [5.74, 6) is 0.548. The second-order valence-corrected chi connectivity index (χ2v) is 7.57. The van der Waals surface area contributed by atoms with Gasteiger partial charge < -0.3 is 5.11 Å². The molecule has 0 bridgehead atoms. The molecule has 0 spiro atoms. The number of nitrogens with zero attached hydrogens (tertiary/aromatic N) is 9. The molecule has 0 unspecified atom stereocenters. The van der Waals surface area contributed by atoms with Crippen LogP contribution in [0.15, 0.2) is 30.3 Å². The molecule has 4 N–H and O–H groups in total. The van der Waals surface area contributed by atoms with E-state index in [-0.39, 0.29) is 73.2 Å². The molecule has 4 rings (SSSR count). The van der Waals surface area contributed by atoms with Crippen LogP contribution in [0.2, 0.25) is 31.7 Å². The molecule has 3 aromatic heterocycles. The summed E-state index contributed by atoms with van der Waals surface area (Å²) in [6.07, 6.45) is 0. The summed E-state index contributed by atoms with van der Waals surface area (Å²) in [6, 6.07) is 8.77. The number of rotatable bonds is 5. The molecule has 4 aromatic rings. The van der Waals surface area contributed by atoms with Gasteiger partial charge in [0.25, 0.3) is 0 Å². The quantitative estimate of drug-likeness (QED) is 0.176. The van der Waals surface area contributed by atoms with E-state index >= 15 is 0 Å². The van der Waals surface area contributed by atoms with Crippen molar-refractivity contribution in [2.24, 2.45) is 0 Å². The maximum absolute atomic E-state index is 10.3. The topological polar surface area (TPSA) is 187 Å². The average molecular weight is 638 g/mol. The Morgan fingerprint density at radius 3 is 1.30 bits per heavy atom. The summed E-state index contributed by atoms with van der Waals surface area (Å²) in [4.78, 5) is 31.9. The van der Waals surface area contributed by atoms with Gasteiger partial charge in [0.05, 0.1) is 11.7 Å². The number of nitrogens with one attached hydrogen (secondary N) is 4. The molecule has 0 aliphatic heterocycles. The van der Waals surface area contributed by atoms with Gasteiger partial charge in [0.2, 0.25) is 43.6 Å². The van der Waals surface area contributed by atoms with E-state index in [2.05, 4.69) is 66.6 Å². The van der Waals surface area contributed by atoms with Crippen LogP contribution in [0.4, 0.5) is 17.6 Å². The number of hydrazine groups is 2. The monoisotopic (exact) mass is 635 g/mol. The minimum absolute atomic E-state index is 0. The zero-order valence-electron chi connectivity index (χ0n) is 18.6. The third-order valence-corrected chi connectivity index (χ3v) is 4.07. The Hall–Kier alpha value is -1.85. The predicted octanol–water partition coefficient (Wildman–Crippen LogP) is 0.598. The fraction of sp³-hybridized carbons (Fsp3) is 0.0625. The summed E-state index contributed by atoms with van der Waals surface area (Å²) in [7, 11) is 1.67. The van der Waals surface area contributed by atoms with Crippen LogP contribution in [0.5, 0.6) is 6.01 Å². The minimum Gasteiger partial charge on any atom is -0.844 e. The van der Waals surface area contributed by atoms with Gasteiger partial charge in [0.1, 0.15) is 0 Å². The molecular weight excluding hydrogens is 626 g/mol. The van der Waals surface area contributed by atoms with Gasteiger partial charge in [0, 0.05) is 7.05 Å². The maximum Gasteiger partial charge on any atom is 1.00 e. The van der Waals surface area contributed by atoms with E-state index < -0.39 is 6.01 Å². The first-order valence-electron chi connectivity index (χ1n) is 9.02. The van der Waals surface area contributed by atoms with Crippen molar-refractivity contribution in [2.45, 2.75) is 0 Å². The number of anilines is 3. The van der Waals surface area contributed by atoms with Crippen molar-refractivity contribution in [1.29, 1.82) is 0 Å². The fourth-order valence-electron chi connectivity index (χ4n) is 1.83. The molecule has 0 saturated heterocycles. The van der Waals surface area contributed by atoms with Crippen LogP contribution >= 0.6 is 69.6 Å². The van der Waals surface area contributed by atoms with Gasteiger partial charge in [0.15, 0.2) is 0 Å². The second kappa shape index (κ2) is 17.6. The van der Waals surface area contributed by atoms with E-state index in [0.717, 1.165) is 5.69 Å². The van der Waals surface area contributed by atoms with Crippen molar-refractivity contribution in [2.75, 3.05) is 23.3 Å². The molecule has 0 atom stereocenters. The van der Waals surface area contributed by atoms with Gasteiger partial charge in [-0.05, 0) is 81.7 Å². The number of hydrogen-bond donors (Lipinski definition) is 4. The molecule has 14 nitrogen and oxygen atoms in total. The largest absolute Gasteiger partial charge is 1.00 e. The molecule has 3 heterocycles. The third-order valence-electron chi connectivity index (χ3n) is 3.05. The molecule has 0 aliphatic carbocycles. The third kappa shape index (κ3) is 14.0. The Kier molecular flexibility index (Phi) is 15.8. The van der Waals surface area contributed by atoms with Gasteiger partial charge in [-0.15, -0.1) is 0 Å². The number of benzene rings is 1. The Morgan fingerprint density at radius 1 is 0.541 bits per heavy atom. The molecule has 0 aliphatic rings. The Balaban J connectivity index is 0.000000287. The van der Waals surface area contributed by atoms with Crippen LogP contribution < -0.4 is 56.4 Å². The number of halogens is 6. The molecular formula is C16H12Cl6N13NaO. The maximum atomic E-state index is 10.3. The van der Waals surface area contributed by atoms with Crippen LogP contribution in [-0.2, 0) is 0 Å². The summed E-state index contributed by atoms with van der Waals surface area (Å²) >= 11 is 32.6. The van der Waals surface area contributed by atoms with E-state index in [1.165, 1.54) is 0 Å². The van der Waals surface area contributed by atoms with Crippen LogP contribution in [-0.4, -0.2) is 51.9 Å². The molecule has 21 heteroatoms. The zero-order valence-corrected chi connectivity index (χ0v) is 25.1. The van der Waals surface area contributed by atoms with Crippen LogP contribution in [0.1, 0.15) is 0 Å². The molecule has 1 aromatic carbocycles. The van der Waals surface area contributed by atoms with E-state index in [4.69, 9.17) is 69.6 Å². The van der Waals surface area contributed by atoms with Crippen molar-refractivity contribution >= 4 is 87.2 Å². The molecule has 0 radical (unpaired) electrons. The SMILES string of the molecule is CNNc1nc(Cl)nc(Cl)n1.Clc1nc(Cl)nc(NNc2ccccc2)n1.[Na+].[O-]c1nc(Cl)nc(Cl)n1. The Bertz CT molecular complexity index is 1170. The zero-order chi connectivity index (χ0) is 26.5. The standard InChI is InChI=1S/C9H7Cl2N5.C4H5Cl2N5.C3HCl2N3O.Na/c10-7-12-8(11)14-9(13-7)16-15-6-4-2-1-3-5-6;1-7-11-4-9-2(5)8-3(6)10-4;4-1-6-2(5)8-3(9)7-1;/h1-5,15H,(H,12,13,14,16);7H,1H3,(H,8,9,10,11);(H,6,7,8,9);/q;;;+1/p-1. The first kappa shape index (κ1) is 33.2. The second-order valence-electron chi connectivity index (χ2n) is 5.54. The first-order chi connectivity index (χ1) is 17.1. The Labute approximate surface area is 261 Å². The predicted molar refractivity (Wildman–Crippen MR) is 135 cm³/mol. The fourth-order valence-corrected chi connectivity index (χ4v) is 2.91.